The van der Waals surface area contributed by atoms with E-state index in [1.54, 1.807) is 0 Å². The highest BCUT2D eigenvalue weighted by molar-refractivity contribution is 7.12. The molecule has 0 saturated heterocycles. The van der Waals surface area contributed by atoms with Gasteiger partial charge in [-0.3, -0.25) is 4.79 Å². The normalized spacial score (nSPS) is 16.1. The van der Waals surface area contributed by atoms with Crippen LogP contribution in [0.3, 0.4) is 0 Å². The van der Waals surface area contributed by atoms with Crippen LogP contribution in [0.5, 0.6) is 0 Å². The van der Waals surface area contributed by atoms with Crippen LogP contribution in [0.4, 0.5) is 24.8 Å². The highest BCUT2D eigenvalue weighted by Crippen LogP contribution is 2.40. The van der Waals surface area contributed by atoms with Gasteiger partial charge in [0.05, 0.1) is 5.69 Å². The first-order valence-electron chi connectivity index (χ1n) is 11.0. The van der Waals surface area contributed by atoms with Crippen molar-refractivity contribution in [3.63, 3.8) is 0 Å². The fourth-order valence-corrected chi connectivity index (χ4v) is 5.14. The summed E-state index contributed by atoms with van der Waals surface area (Å²) in [6, 6.07) is 5.96. The largest absolute Gasteiger partial charge is 0.408 e. The third-order valence-corrected chi connectivity index (χ3v) is 6.87. The molecule has 1 aliphatic carbocycles. The molecule has 2 aliphatic rings. The zero-order valence-electron chi connectivity index (χ0n) is 17.9. The van der Waals surface area contributed by atoms with Crippen molar-refractivity contribution < 1.29 is 13.2 Å². The Hall–Kier alpha value is -3.25. The SMILES string of the molecule is O=c1c2cnc(Nc3ccc4c(c3)CNCC4)nc2n(-c2nc(C3CC3)cs2)n1CC(F)(F)F. The van der Waals surface area contributed by atoms with Gasteiger partial charge in [0.25, 0.3) is 5.56 Å². The van der Waals surface area contributed by atoms with E-state index in [9.17, 15) is 18.0 Å². The van der Waals surface area contributed by atoms with E-state index in [1.165, 1.54) is 33.3 Å². The second-order valence-electron chi connectivity index (χ2n) is 8.59. The van der Waals surface area contributed by atoms with Crippen LogP contribution < -0.4 is 16.2 Å². The first kappa shape index (κ1) is 21.3. The maximum absolute atomic E-state index is 13.4. The highest BCUT2D eigenvalue weighted by atomic mass is 32.1. The van der Waals surface area contributed by atoms with E-state index in [4.69, 9.17) is 0 Å². The molecule has 1 aliphatic heterocycles. The summed E-state index contributed by atoms with van der Waals surface area (Å²) in [6.45, 7) is 0.254. The molecule has 8 nitrogen and oxygen atoms in total. The molecule has 0 spiro atoms. The van der Waals surface area contributed by atoms with E-state index in [-0.39, 0.29) is 22.1 Å². The van der Waals surface area contributed by atoms with E-state index in [1.807, 2.05) is 23.6 Å². The zero-order chi connectivity index (χ0) is 23.4. The molecule has 34 heavy (non-hydrogen) atoms. The Labute approximate surface area is 195 Å². The predicted octanol–water partition coefficient (Wildman–Crippen LogP) is 3.87. The van der Waals surface area contributed by atoms with E-state index in [0.717, 1.165) is 43.7 Å². The molecule has 4 aromatic rings. The van der Waals surface area contributed by atoms with Gasteiger partial charge in [0.1, 0.15) is 11.9 Å². The summed E-state index contributed by atoms with van der Waals surface area (Å²) >= 11 is 1.20. The molecule has 0 bridgehead atoms. The van der Waals surface area contributed by atoms with E-state index < -0.39 is 18.3 Å². The van der Waals surface area contributed by atoms with Gasteiger partial charge in [-0.05, 0) is 49.1 Å². The second kappa shape index (κ2) is 7.91. The summed E-state index contributed by atoms with van der Waals surface area (Å²) < 4.78 is 41.9. The standard InChI is InChI=1S/C22H20F3N7OS/c23-22(24,25)11-31-19(33)16-9-27-20(28-15-4-3-12-5-6-26-8-14(12)7-15)30-18(16)32(31)21-29-17(10-34-21)13-1-2-13/h3-4,7,9-10,13,26H,1-2,5-6,8,11H2,(H,27,28,30). The number of nitrogens with zero attached hydrogens (tertiary/aromatic N) is 5. The minimum Gasteiger partial charge on any atom is -0.324 e. The molecular formula is C22H20F3N7OS. The fourth-order valence-electron chi connectivity index (χ4n) is 4.22. The van der Waals surface area contributed by atoms with Crippen molar-refractivity contribution in [2.24, 2.45) is 0 Å². The highest BCUT2D eigenvalue weighted by Gasteiger charge is 2.33. The number of alkyl halides is 3. The average Bonchev–Trinajstić information content (AvgIpc) is 3.49. The molecule has 1 fully saturated rings. The summed E-state index contributed by atoms with van der Waals surface area (Å²) in [4.78, 5) is 26.1. The maximum Gasteiger partial charge on any atom is 0.408 e. The van der Waals surface area contributed by atoms with Gasteiger partial charge in [-0.2, -0.15) is 18.2 Å². The van der Waals surface area contributed by atoms with E-state index >= 15 is 0 Å². The smallest absolute Gasteiger partial charge is 0.324 e. The summed E-state index contributed by atoms with van der Waals surface area (Å²) in [5.41, 5.74) is 3.32. The number of anilines is 2. The van der Waals surface area contributed by atoms with Crippen molar-refractivity contribution in [3.05, 3.63) is 57.0 Å². The Kier molecular flexibility index (Phi) is 4.96. The van der Waals surface area contributed by atoms with Crippen LogP contribution >= 0.6 is 11.3 Å². The summed E-state index contributed by atoms with van der Waals surface area (Å²) in [5, 5.41) is 8.57. The van der Waals surface area contributed by atoms with Crippen molar-refractivity contribution in [1.29, 1.82) is 0 Å². The number of aromatic nitrogens is 5. The number of hydrogen-bond acceptors (Lipinski definition) is 7. The Morgan fingerprint density at radius 2 is 2.06 bits per heavy atom. The lowest BCUT2D eigenvalue weighted by atomic mass is 10.0. The molecule has 3 aromatic heterocycles. The maximum atomic E-state index is 13.4. The van der Waals surface area contributed by atoms with Crippen LogP contribution in [0.2, 0.25) is 0 Å². The molecule has 4 heterocycles. The Morgan fingerprint density at radius 3 is 2.85 bits per heavy atom. The van der Waals surface area contributed by atoms with Gasteiger partial charge in [-0.25, -0.2) is 19.3 Å². The van der Waals surface area contributed by atoms with Crippen molar-refractivity contribution >= 4 is 34.0 Å². The zero-order valence-corrected chi connectivity index (χ0v) is 18.7. The van der Waals surface area contributed by atoms with Gasteiger partial charge in [-0.15, -0.1) is 11.3 Å². The number of rotatable bonds is 5. The van der Waals surface area contributed by atoms with Crippen molar-refractivity contribution in [2.75, 3.05) is 11.9 Å². The number of hydrogen-bond donors (Lipinski definition) is 2. The van der Waals surface area contributed by atoms with Crippen LogP contribution in [0.15, 0.2) is 34.6 Å². The average molecular weight is 488 g/mol. The van der Waals surface area contributed by atoms with Crippen molar-refractivity contribution in [1.82, 2.24) is 29.6 Å². The van der Waals surface area contributed by atoms with Crippen LogP contribution in [0.25, 0.3) is 16.2 Å². The topological polar surface area (TPSA) is 89.7 Å². The molecular weight excluding hydrogens is 467 g/mol. The molecule has 0 radical (unpaired) electrons. The van der Waals surface area contributed by atoms with Crippen LogP contribution in [-0.4, -0.2) is 37.0 Å². The molecule has 176 valence electrons. The number of halogens is 3. The third-order valence-electron chi connectivity index (χ3n) is 6.04. The monoisotopic (exact) mass is 487 g/mol. The molecule has 6 rings (SSSR count). The quantitative estimate of drug-likeness (QED) is 0.444. The molecule has 0 unspecified atom stereocenters. The van der Waals surface area contributed by atoms with Crippen LogP contribution in [0, 0.1) is 0 Å². The lowest BCUT2D eigenvalue weighted by Crippen LogP contribution is -2.30. The molecule has 0 amide bonds. The minimum atomic E-state index is -4.59. The van der Waals surface area contributed by atoms with Gasteiger partial charge in [0.15, 0.2) is 5.65 Å². The fraction of sp³-hybridized carbons (Fsp3) is 0.364. The lowest BCUT2D eigenvalue weighted by Gasteiger charge is -2.18. The predicted molar refractivity (Wildman–Crippen MR) is 122 cm³/mol. The molecule has 1 aromatic carbocycles. The number of thiazole rings is 1. The van der Waals surface area contributed by atoms with Crippen molar-refractivity contribution in [2.45, 2.75) is 44.4 Å². The van der Waals surface area contributed by atoms with Crippen LogP contribution in [-0.2, 0) is 19.5 Å². The number of nitrogens with one attached hydrogen (secondary N) is 2. The lowest BCUT2D eigenvalue weighted by molar-refractivity contribution is -0.144. The van der Waals surface area contributed by atoms with Gasteiger partial charge < -0.3 is 10.6 Å². The van der Waals surface area contributed by atoms with Gasteiger partial charge in [0.2, 0.25) is 11.1 Å². The first-order chi connectivity index (χ1) is 16.4. The minimum absolute atomic E-state index is 0.00705. The first-order valence-corrected chi connectivity index (χ1v) is 11.8. The molecule has 2 N–H and O–H groups in total. The van der Waals surface area contributed by atoms with Crippen molar-refractivity contribution in [3.8, 4) is 5.13 Å². The molecule has 12 heteroatoms. The van der Waals surface area contributed by atoms with E-state index in [0.29, 0.717) is 10.6 Å². The summed E-state index contributed by atoms with van der Waals surface area (Å²) in [7, 11) is 0. The molecule has 1 saturated carbocycles. The number of benzene rings is 1. The Balaban J connectivity index is 1.44. The number of fused-ring (bicyclic) bond motifs is 2. The van der Waals surface area contributed by atoms with E-state index in [2.05, 4.69) is 25.6 Å². The van der Waals surface area contributed by atoms with Gasteiger partial charge in [0, 0.05) is 29.7 Å². The summed E-state index contributed by atoms with van der Waals surface area (Å²) in [6.07, 6.45) is -0.341. The Morgan fingerprint density at radius 1 is 1.21 bits per heavy atom. The third kappa shape index (κ3) is 3.96. The second-order valence-corrected chi connectivity index (χ2v) is 9.42. The van der Waals surface area contributed by atoms with Gasteiger partial charge >= 0.3 is 6.18 Å². The summed E-state index contributed by atoms with van der Waals surface area (Å²) in [5.74, 6) is 0.521. The molecule has 0 atom stereocenters. The van der Waals surface area contributed by atoms with Gasteiger partial charge in [-0.1, -0.05) is 6.07 Å². The van der Waals surface area contributed by atoms with Crippen LogP contribution in [0.1, 0.15) is 35.6 Å². The Bertz CT molecular complexity index is 1450.